The topological polar surface area (TPSA) is 16.4 Å². The summed E-state index contributed by atoms with van der Waals surface area (Å²) >= 11 is 1.87. The number of anilines is 3. The maximum absolute atomic E-state index is 6.44. The van der Waals surface area contributed by atoms with Gasteiger partial charge in [0.1, 0.15) is 11.2 Å². The van der Waals surface area contributed by atoms with Gasteiger partial charge in [0, 0.05) is 53.4 Å². The molecule has 0 unspecified atom stereocenters. The van der Waals surface area contributed by atoms with E-state index in [2.05, 4.69) is 205 Å². The lowest BCUT2D eigenvalue weighted by Gasteiger charge is -2.28. The number of hydrogen-bond acceptors (Lipinski definition) is 3. The SMILES string of the molecule is c1ccc(-c2ccc(-c3ccccc3N(c3ccc(-c4cccc5c4oc4ccccc45)cc3)c3ccc(-c4cccc5c4sc4ccccc45)cc3)cc2)cc1. The summed E-state index contributed by atoms with van der Waals surface area (Å²) < 4.78 is 9.08. The molecule has 0 fully saturated rings. The summed E-state index contributed by atoms with van der Waals surface area (Å²) in [6, 6.07) is 76.3. The van der Waals surface area contributed by atoms with Gasteiger partial charge in [0.05, 0.1) is 5.69 Å². The van der Waals surface area contributed by atoms with Crippen LogP contribution >= 0.6 is 11.3 Å². The van der Waals surface area contributed by atoms with E-state index in [1.54, 1.807) is 0 Å². The van der Waals surface area contributed by atoms with Crippen LogP contribution in [0.4, 0.5) is 17.1 Å². The number of para-hydroxylation sites is 3. The van der Waals surface area contributed by atoms with Crippen molar-refractivity contribution in [2.24, 2.45) is 0 Å². The van der Waals surface area contributed by atoms with Crippen molar-refractivity contribution in [1.29, 1.82) is 0 Å². The summed E-state index contributed by atoms with van der Waals surface area (Å²) in [7, 11) is 0. The first-order valence-electron chi connectivity index (χ1n) is 19.3. The molecule has 0 amide bonds. The molecule has 0 aliphatic heterocycles. The van der Waals surface area contributed by atoms with Crippen molar-refractivity contribution >= 4 is 70.5 Å². The Labute approximate surface area is 335 Å². The number of furan rings is 1. The zero-order valence-corrected chi connectivity index (χ0v) is 31.8. The van der Waals surface area contributed by atoms with Crippen molar-refractivity contribution in [2.75, 3.05) is 4.90 Å². The van der Waals surface area contributed by atoms with E-state index in [9.17, 15) is 0 Å². The monoisotopic (exact) mass is 745 g/mol. The first-order chi connectivity index (χ1) is 28.3. The minimum absolute atomic E-state index is 0.906. The van der Waals surface area contributed by atoms with Crippen molar-refractivity contribution in [3.05, 3.63) is 212 Å². The minimum atomic E-state index is 0.906. The van der Waals surface area contributed by atoms with Crippen molar-refractivity contribution in [3.8, 4) is 44.5 Å². The second kappa shape index (κ2) is 13.8. The number of fused-ring (bicyclic) bond motifs is 6. The second-order valence-electron chi connectivity index (χ2n) is 14.5. The van der Waals surface area contributed by atoms with Crippen LogP contribution in [0.2, 0.25) is 0 Å². The van der Waals surface area contributed by atoms with Gasteiger partial charge in [0.15, 0.2) is 0 Å². The van der Waals surface area contributed by atoms with Gasteiger partial charge in [-0.2, -0.15) is 0 Å². The van der Waals surface area contributed by atoms with Gasteiger partial charge in [-0.1, -0.05) is 170 Å². The maximum atomic E-state index is 6.44. The van der Waals surface area contributed by atoms with Crippen molar-refractivity contribution < 1.29 is 4.42 Å². The van der Waals surface area contributed by atoms with Crippen molar-refractivity contribution in [3.63, 3.8) is 0 Å². The third-order valence-corrected chi connectivity index (χ3v) is 12.3. The van der Waals surface area contributed by atoms with Gasteiger partial charge < -0.3 is 9.32 Å². The number of thiophene rings is 1. The smallest absolute Gasteiger partial charge is 0.143 e. The molecule has 2 aromatic heterocycles. The average molecular weight is 746 g/mol. The van der Waals surface area contributed by atoms with Gasteiger partial charge in [-0.15, -0.1) is 11.3 Å². The summed E-state index contributed by atoms with van der Waals surface area (Å²) in [4.78, 5) is 2.38. The van der Waals surface area contributed by atoms with E-state index in [-0.39, 0.29) is 0 Å². The third-order valence-electron chi connectivity index (χ3n) is 11.1. The summed E-state index contributed by atoms with van der Waals surface area (Å²) in [5.74, 6) is 0. The summed E-state index contributed by atoms with van der Waals surface area (Å²) in [6.07, 6.45) is 0. The molecule has 0 N–H and O–H groups in total. The summed E-state index contributed by atoms with van der Waals surface area (Å²) in [5.41, 5.74) is 14.5. The Morgan fingerprint density at radius 2 is 0.842 bits per heavy atom. The van der Waals surface area contributed by atoms with E-state index in [1.807, 2.05) is 23.5 Å². The van der Waals surface area contributed by atoms with E-state index in [0.29, 0.717) is 0 Å². The third kappa shape index (κ3) is 5.80. The first-order valence-corrected chi connectivity index (χ1v) is 20.1. The van der Waals surface area contributed by atoms with Crippen LogP contribution in [0, 0.1) is 0 Å². The first kappa shape index (κ1) is 33.2. The zero-order valence-electron chi connectivity index (χ0n) is 31.0. The van der Waals surface area contributed by atoms with Gasteiger partial charge in [-0.3, -0.25) is 0 Å². The van der Waals surface area contributed by atoms with Crippen LogP contribution in [-0.2, 0) is 0 Å². The molecule has 11 aromatic rings. The minimum Gasteiger partial charge on any atom is -0.455 e. The van der Waals surface area contributed by atoms with E-state index in [1.165, 1.54) is 42.4 Å². The van der Waals surface area contributed by atoms with Crippen LogP contribution in [0.3, 0.4) is 0 Å². The molecule has 0 aliphatic rings. The van der Waals surface area contributed by atoms with Gasteiger partial charge in [0.2, 0.25) is 0 Å². The number of rotatable bonds is 7. The van der Waals surface area contributed by atoms with Crippen LogP contribution in [0.15, 0.2) is 217 Å². The van der Waals surface area contributed by atoms with Crippen LogP contribution in [0.25, 0.3) is 86.6 Å². The van der Waals surface area contributed by atoms with Gasteiger partial charge in [-0.05, 0) is 75.8 Å². The molecule has 0 aliphatic carbocycles. The molecule has 9 aromatic carbocycles. The highest BCUT2D eigenvalue weighted by atomic mass is 32.1. The molecule has 0 radical (unpaired) electrons. The van der Waals surface area contributed by atoms with E-state index in [4.69, 9.17) is 4.42 Å². The molecule has 0 bridgehead atoms. The Morgan fingerprint density at radius 3 is 1.61 bits per heavy atom. The van der Waals surface area contributed by atoms with E-state index in [0.717, 1.165) is 61.3 Å². The van der Waals surface area contributed by atoms with Crippen LogP contribution in [0.1, 0.15) is 0 Å². The Morgan fingerprint density at radius 1 is 0.333 bits per heavy atom. The Kier molecular flexibility index (Phi) is 8.04. The normalized spacial score (nSPS) is 11.5. The molecule has 2 nitrogen and oxygen atoms in total. The lowest BCUT2D eigenvalue weighted by atomic mass is 9.97. The quantitative estimate of drug-likeness (QED) is 0.162. The van der Waals surface area contributed by atoms with E-state index >= 15 is 0 Å². The van der Waals surface area contributed by atoms with Crippen LogP contribution in [0.5, 0.6) is 0 Å². The lowest BCUT2D eigenvalue weighted by molar-refractivity contribution is 0.670. The highest BCUT2D eigenvalue weighted by Gasteiger charge is 2.19. The molecular weight excluding hydrogens is 711 g/mol. The van der Waals surface area contributed by atoms with Crippen LogP contribution < -0.4 is 4.90 Å². The highest BCUT2D eigenvalue weighted by Crippen LogP contribution is 2.44. The maximum Gasteiger partial charge on any atom is 0.143 e. The lowest BCUT2D eigenvalue weighted by Crippen LogP contribution is -2.11. The van der Waals surface area contributed by atoms with Gasteiger partial charge >= 0.3 is 0 Å². The summed E-state index contributed by atoms with van der Waals surface area (Å²) in [5, 5.41) is 4.89. The zero-order chi connectivity index (χ0) is 37.7. The standard InChI is InChI=1S/C54H35NOS/c1-2-12-36(13-3-1)37-24-26-38(27-25-37)43-14-4-7-21-50(43)55(41-32-28-39(29-33-41)44-17-10-19-48-46-15-5-8-22-51(46)56-53(44)48)42-34-30-40(31-35-42)45-18-11-20-49-47-16-6-9-23-52(47)57-54(45)49/h1-35H. The highest BCUT2D eigenvalue weighted by molar-refractivity contribution is 7.26. The van der Waals surface area contributed by atoms with Crippen molar-refractivity contribution in [2.45, 2.75) is 0 Å². The molecule has 268 valence electrons. The van der Waals surface area contributed by atoms with Gasteiger partial charge in [-0.25, -0.2) is 0 Å². The Balaban J connectivity index is 1.03. The molecular formula is C54H35NOS. The average Bonchev–Trinajstić information content (AvgIpc) is 3.87. The Bertz CT molecular complexity index is 3050. The molecule has 57 heavy (non-hydrogen) atoms. The molecule has 0 saturated carbocycles. The van der Waals surface area contributed by atoms with Crippen molar-refractivity contribution in [1.82, 2.24) is 0 Å². The molecule has 11 rings (SSSR count). The number of benzene rings is 9. The predicted molar refractivity (Wildman–Crippen MR) is 243 cm³/mol. The molecule has 0 spiro atoms. The molecule has 2 heterocycles. The predicted octanol–water partition coefficient (Wildman–Crippen LogP) is 16.1. The molecule has 3 heteroatoms. The fourth-order valence-corrected chi connectivity index (χ4v) is 9.58. The Hall–Kier alpha value is -7.20. The second-order valence-corrected chi connectivity index (χ2v) is 15.5. The molecule has 0 atom stereocenters. The number of hydrogen-bond donors (Lipinski definition) is 0. The molecule has 0 saturated heterocycles. The fraction of sp³-hybridized carbons (Fsp3) is 0. The number of nitrogens with zero attached hydrogens (tertiary/aromatic N) is 1. The summed E-state index contributed by atoms with van der Waals surface area (Å²) in [6.45, 7) is 0. The fourth-order valence-electron chi connectivity index (χ4n) is 8.34. The van der Waals surface area contributed by atoms with E-state index < -0.39 is 0 Å². The van der Waals surface area contributed by atoms with Gasteiger partial charge in [0.25, 0.3) is 0 Å². The van der Waals surface area contributed by atoms with Crippen LogP contribution in [-0.4, -0.2) is 0 Å². The largest absolute Gasteiger partial charge is 0.455 e.